The zero-order valence-electron chi connectivity index (χ0n) is 13.4. The fourth-order valence-electron chi connectivity index (χ4n) is 2.27. The number of fused-ring (bicyclic) bond motifs is 1. The molecule has 0 bridgehead atoms. The molecular formula is C18H19NO4. The summed E-state index contributed by atoms with van der Waals surface area (Å²) in [7, 11) is 1.63. The minimum absolute atomic E-state index is 0.0454. The maximum Gasteiger partial charge on any atom is 0.231 e. The van der Waals surface area contributed by atoms with E-state index in [2.05, 4.69) is 4.99 Å². The summed E-state index contributed by atoms with van der Waals surface area (Å²) in [6, 6.07) is 11.3. The Hall–Kier alpha value is -2.69. The quantitative estimate of drug-likeness (QED) is 0.784. The second-order valence-corrected chi connectivity index (χ2v) is 5.34. The van der Waals surface area contributed by atoms with Gasteiger partial charge in [-0.2, -0.15) is 0 Å². The molecule has 0 saturated heterocycles. The predicted octanol–water partition coefficient (Wildman–Crippen LogP) is 3.96. The second-order valence-electron chi connectivity index (χ2n) is 5.34. The van der Waals surface area contributed by atoms with E-state index in [0.29, 0.717) is 17.2 Å². The number of nitrogens with zero attached hydrogens (tertiary/aromatic N) is 1. The van der Waals surface area contributed by atoms with Crippen molar-refractivity contribution >= 4 is 11.9 Å². The fraction of sp³-hybridized carbons (Fsp3) is 0.278. The molecule has 1 aliphatic rings. The van der Waals surface area contributed by atoms with Crippen molar-refractivity contribution in [3.63, 3.8) is 0 Å². The highest BCUT2D eigenvalue weighted by molar-refractivity contribution is 5.87. The van der Waals surface area contributed by atoms with Gasteiger partial charge in [-0.1, -0.05) is 6.07 Å². The smallest absolute Gasteiger partial charge is 0.231 e. The lowest BCUT2D eigenvalue weighted by Crippen LogP contribution is -2.08. The number of ether oxygens (including phenoxy) is 4. The van der Waals surface area contributed by atoms with Crippen molar-refractivity contribution in [3.8, 4) is 23.0 Å². The Morgan fingerprint density at radius 1 is 1.13 bits per heavy atom. The third kappa shape index (κ3) is 3.39. The Bertz CT molecular complexity index is 725. The molecule has 0 N–H and O–H groups in total. The van der Waals surface area contributed by atoms with Crippen molar-refractivity contribution in [1.82, 2.24) is 0 Å². The van der Waals surface area contributed by atoms with Crippen LogP contribution in [0.2, 0.25) is 0 Å². The molecule has 23 heavy (non-hydrogen) atoms. The molecule has 1 heterocycles. The van der Waals surface area contributed by atoms with E-state index >= 15 is 0 Å². The molecule has 0 amide bonds. The van der Waals surface area contributed by atoms with Crippen molar-refractivity contribution in [1.29, 1.82) is 0 Å². The second kappa shape index (κ2) is 6.60. The van der Waals surface area contributed by atoms with Crippen molar-refractivity contribution in [2.24, 2.45) is 4.99 Å². The van der Waals surface area contributed by atoms with E-state index in [1.54, 1.807) is 13.3 Å². The third-order valence-corrected chi connectivity index (χ3v) is 3.29. The highest BCUT2D eigenvalue weighted by Crippen LogP contribution is 2.36. The van der Waals surface area contributed by atoms with Gasteiger partial charge in [0.2, 0.25) is 6.79 Å². The first-order chi connectivity index (χ1) is 11.2. The molecule has 0 saturated carbocycles. The van der Waals surface area contributed by atoms with Crippen molar-refractivity contribution in [2.45, 2.75) is 20.0 Å². The van der Waals surface area contributed by atoms with E-state index in [9.17, 15) is 0 Å². The van der Waals surface area contributed by atoms with Crippen molar-refractivity contribution < 1.29 is 18.9 Å². The highest BCUT2D eigenvalue weighted by atomic mass is 16.7. The molecule has 0 fully saturated rings. The van der Waals surface area contributed by atoms with E-state index in [4.69, 9.17) is 18.9 Å². The topological polar surface area (TPSA) is 49.3 Å². The SMILES string of the molecule is COc1cccc(C=Nc2ccc3c(c2)OCO3)c1OC(C)C. The van der Waals surface area contributed by atoms with Crippen LogP contribution < -0.4 is 18.9 Å². The van der Waals surface area contributed by atoms with E-state index in [1.165, 1.54) is 0 Å². The fourth-order valence-corrected chi connectivity index (χ4v) is 2.27. The van der Waals surface area contributed by atoms with Gasteiger partial charge in [-0.15, -0.1) is 0 Å². The summed E-state index contributed by atoms with van der Waals surface area (Å²) in [6.45, 7) is 4.21. The Kier molecular flexibility index (Phi) is 4.37. The molecule has 0 aromatic heterocycles. The molecule has 0 atom stereocenters. The zero-order chi connectivity index (χ0) is 16.2. The van der Waals surface area contributed by atoms with Gasteiger partial charge in [0, 0.05) is 17.8 Å². The van der Waals surface area contributed by atoms with Crippen LogP contribution in [0.3, 0.4) is 0 Å². The molecule has 0 unspecified atom stereocenters. The van der Waals surface area contributed by atoms with Crippen LogP contribution in [0.5, 0.6) is 23.0 Å². The number of aliphatic imine (C=N–C) groups is 1. The van der Waals surface area contributed by atoms with Gasteiger partial charge in [0.15, 0.2) is 23.0 Å². The molecule has 1 aliphatic heterocycles. The summed E-state index contributed by atoms with van der Waals surface area (Å²) in [5.41, 5.74) is 1.64. The number of methoxy groups -OCH3 is 1. The molecule has 0 aliphatic carbocycles. The van der Waals surface area contributed by atoms with E-state index in [-0.39, 0.29) is 12.9 Å². The maximum atomic E-state index is 5.87. The zero-order valence-corrected chi connectivity index (χ0v) is 13.4. The average molecular weight is 313 g/mol. The monoisotopic (exact) mass is 313 g/mol. The molecular weight excluding hydrogens is 294 g/mol. The summed E-state index contributed by atoms with van der Waals surface area (Å²) >= 11 is 0. The molecule has 5 nitrogen and oxygen atoms in total. The minimum atomic E-state index is 0.0454. The van der Waals surface area contributed by atoms with Gasteiger partial charge in [-0.25, -0.2) is 0 Å². The van der Waals surface area contributed by atoms with Crippen LogP contribution >= 0.6 is 0 Å². The van der Waals surface area contributed by atoms with Crippen molar-refractivity contribution in [3.05, 3.63) is 42.0 Å². The molecule has 0 spiro atoms. The van der Waals surface area contributed by atoms with Crippen LogP contribution in [0, 0.1) is 0 Å². The lowest BCUT2D eigenvalue weighted by Gasteiger charge is -2.15. The van der Waals surface area contributed by atoms with Gasteiger partial charge in [0.25, 0.3) is 0 Å². The number of para-hydroxylation sites is 1. The lowest BCUT2D eigenvalue weighted by molar-refractivity contribution is 0.174. The number of hydrogen-bond acceptors (Lipinski definition) is 5. The molecule has 120 valence electrons. The Morgan fingerprint density at radius 2 is 1.96 bits per heavy atom. The first-order valence-electron chi connectivity index (χ1n) is 7.45. The summed E-state index contributed by atoms with van der Waals surface area (Å²) in [4.78, 5) is 4.50. The highest BCUT2D eigenvalue weighted by Gasteiger charge is 2.13. The molecule has 5 heteroatoms. The average Bonchev–Trinajstić information content (AvgIpc) is 3.01. The molecule has 3 rings (SSSR count). The summed E-state index contributed by atoms with van der Waals surface area (Å²) in [6.07, 6.45) is 1.81. The number of rotatable bonds is 5. The minimum Gasteiger partial charge on any atom is -0.493 e. The van der Waals surface area contributed by atoms with Crippen LogP contribution in [-0.4, -0.2) is 26.2 Å². The molecule has 0 radical (unpaired) electrons. The van der Waals surface area contributed by atoms with Crippen LogP contribution in [0.4, 0.5) is 5.69 Å². The number of benzene rings is 2. The normalized spacial score (nSPS) is 12.9. The summed E-state index contributed by atoms with van der Waals surface area (Å²) in [5.74, 6) is 2.83. The van der Waals surface area contributed by atoms with E-state index in [1.807, 2.05) is 50.2 Å². The Morgan fingerprint density at radius 3 is 2.74 bits per heavy atom. The Balaban J connectivity index is 1.89. The van der Waals surface area contributed by atoms with Gasteiger partial charge in [-0.05, 0) is 38.1 Å². The van der Waals surface area contributed by atoms with Crippen LogP contribution in [-0.2, 0) is 0 Å². The van der Waals surface area contributed by atoms with Crippen LogP contribution in [0.1, 0.15) is 19.4 Å². The van der Waals surface area contributed by atoms with Crippen LogP contribution in [0.15, 0.2) is 41.4 Å². The first-order valence-corrected chi connectivity index (χ1v) is 7.45. The third-order valence-electron chi connectivity index (χ3n) is 3.29. The summed E-state index contributed by atoms with van der Waals surface area (Å²) in [5, 5.41) is 0. The lowest BCUT2D eigenvalue weighted by atomic mass is 10.2. The largest absolute Gasteiger partial charge is 0.493 e. The first kappa shape index (κ1) is 15.2. The van der Waals surface area contributed by atoms with Gasteiger partial charge < -0.3 is 18.9 Å². The standard InChI is InChI=1S/C18H19NO4/c1-12(2)23-18-13(5-4-6-16(18)20-3)10-19-14-7-8-15-17(9-14)22-11-21-15/h4-10,12H,11H2,1-3H3. The van der Waals surface area contributed by atoms with E-state index < -0.39 is 0 Å². The van der Waals surface area contributed by atoms with Crippen LogP contribution in [0.25, 0.3) is 0 Å². The maximum absolute atomic E-state index is 5.87. The summed E-state index contributed by atoms with van der Waals surface area (Å²) < 4.78 is 21.9. The van der Waals surface area contributed by atoms with Gasteiger partial charge >= 0.3 is 0 Å². The Labute approximate surface area is 135 Å². The number of hydrogen-bond donors (Lipinski definition) is 0. The van der Waals surface area contributed by atoms with Gasteiger partial charge in [0.05, 0.1) is 18.9 Å². The molecule has 2 aromatic carbocycles. The van der Waals surface area contributed by atoms with E-state index in [0.717, 1.165) is 17.0 Å². The van der Waals surface area contributed by atoms with Gasteiger partial charge in [-0.3, -0.25) is 4.99 Å². The molecule has 2 aromatic rings. The predicted molar refractivity (Wildman–Crippen MR) is 88.6 cm³/mol. The van der Waals surface area contributed by atoms with Crippen molar-refractivity contribution in [2.75, 3.05) is 13.9 Å². The van der Waals surface area contributed by atoms with Gasteiger partial charge in [0.1, 0.15) is 0 Å².